The van der Waals surface area contributed by atoms with Gasteiger partial charge in [0.05, 0.1) is 5.62 Å². The molecule has 0 heterocycles. The zero-order chi connectivity index (χ0) is 4.28. The van der Waals surface area contributed by atoms with Crippen LogP contribution in [0, 0.1) is 0 Å². The molecule has 1 N–H and O–H groups in total. The van der Waals surface area contributed by atoms with Crippen LogP contribution in [0.5, 0.6) is 0 Å². The van der Waals surface area contributed by atoms with E-state index in [0.29, 0.717) is 0 Å². The van der Waals surface area contributed by atoms with Crippen molar-refractivity contribution in [3.63, 3.8) is 0 Å². The molecule has 0 spiro atoms. The zero-order valence-electron chi connectivity index (χ0n) is 2.44. The molecule has 0 aromatic rings. The molecular formula is CH4ClO2P. The predicted molar refractivity (Wildman–Crippen MR) is 21.9 cm³/mol. The molecule has 32 valence electrons. The minimum Gasteiger partial charge on any atom is -0.345 e. The largest absolute Gasteiger partial charge is 0.345 e. The fraction of sp³-hybridized carbons (Fsp3) is 1.00. The highest BCUT2D eigenvalue weighted by Crippen LogP contribution is 2.12. The molecule has 2 nitrogen and oxygen atoms in total. The van der Waals surface area contributed by atoms with Crippen molar-refractivity contribution in [2.45, 2.75) is 0 Å². The third-order valence-electron chi connectivity index (χ3n) is 0.114. The highest BCUT2D eigenvalue weighted by Gasteiger charge is 1.78. The molecule has 1 atom stereocenters. The maximum Gasteiger partial charge on any atom is 0.203 e. The maximum atomic E-state index is 9.42. The second-order valence-corrected chi connectivity index (χ2v) is 2.38. The van der Waals surface area contributed by atoms with E-state index in [-0.39, 0.29) is 5.62 Å². The van der Waals surface area contributed by atoms with Gasteiger partial charge in [-0.1, -0.05) is 0 Å². The van der Waals surface area contributed by atoms with Crippen LogP contribution in [0.3, 0.4) is 0 Å². The topological polar surface area (TPSA) is 37.3 Å². The molecule has 4 heteroatoms. The van der Waals surface area contributed by atoms with E-state index in [1.54, 1.807) is 0 Å². The van der Waals surface area contributed by atoms with E-state index in [2.05, 4.69) is 0 Å². The van der Waals surface area contributed by atoms with Crippen LogP contribution >= 0.6 is 19.6 Å². The van der Waals surface area contributed by atoms with Gasteiger partial charge in [-0.3, -0.25) is 4.57 Å². The normalized spacial score (nSPS) is 14.8. The predicted octanol–water partition coefficient (Wildman–Crippen LogP) is 0.650. The molecule has 0 radical (unpaired) electrons. The van der Waals surface area contributed by atoms with E-state index in [1.807, 2.05) is 0 Å². The quantitative estimate of drug-likeness (QED) is 0.401. The van der Waals surface area contributed by atoms with Gasteiger partial charge in [0.2, 0.25) is 8.03 Å². The van der Waals surface area contributed by atoms with Gasteiger partial charge in [0.1, 0.15) is 0 Å². The van der Waals surface area contributed by atoms with E-state index in [9.17, 15) is 4.57 Å². The number of hydrogen-bond donors (Lipinski definition) is 1. The van der Waals surface area contributed by atoms with Crippen molar-refractivity contribution in [3.05, 3.63) is 0 Å². The van der Waals surface area contributed by atoms with E-state index in [1.165, 1.54) is 0 Å². The van der Waals surface area contributed by atoms with Crippen LogP contribution < -0.4 is 0 Å². The van der Waals surface area contributed by atoms with Gasteiger partial charge in [0.25, 0.3) is 0 Å². The van der Waals surface area contributed by atoms with E-state index in [0.717, 1.165) is 0 Å². The van der Waals surface area contributed by atoms with Gasteiger partial charge >= 0.3 is 0 Å². The van der Waals surface area contributed by atoms with E-state index >= 15 is 0 Å². The van der Waals surface area contributed by atoms with Gasteiger partial charge in [0, 0.05) is 0 Å². The minimum atomic E-state index is -2.36. The lowest BCUT2D eigenvalue weighted by molar-refractivity contribution is 0.508. The summed E-state index contributed by atoms with van der Waals surface area (Å²) in [6.45, 7) is 0. The van der Waals surface area contributed by atoms with Crippen molar-refractivity contribution in [1.82, 2.24) is 0 Å². The van der Waals surface area contributed by atoms with Gasteiger partial charge in [0.15, 0.2) is 0 Å². The molecule has 1 unspecified atom stereocenters. The van der Waals surface area contributed by atoms with Gasteiger partial charge in [-0.05, 0) is 0 Å². The molecule has 0 aliphatic heterocycles. The molecule has 0 aliphatic carbocycles. The molecule has 0 amide bonds. The third kappa shape index (κ3) is 4.48. The van der Waals surface area contributed by atoms with Crippen molar-refractivity contribution in [1.29, 1.82) is 0 Å². The summed E-state index contributed by atoms with van der Waals surface area (Å²) in [4.78, 5) is 7.78. The molecular weight excluding hydrogens is 110 g/mol. The molecule has 0 aliphatic rings. The Morgan fingerprint density at radius 2 is 2.20 bits per heavy atom. The number of rotatable bonds is 1. The second-order valence-electron chi connectivity index (χ2n) is 0.527. The first-order chi connectivity index (χ1) is 2.27. The monoisotopic (exact) mass is 114 g/mol. The van der Waals surface area contributed by atoms with Gasteiger partial charge in [-0.15, -0.1) is 11.6 Å². The van der Waals surface area contributed by atoms with Crippen LogP contribution in [-0.2, 0) is 4.57 Å². The Morgan fingerprint density at radius 1 is 2.00 bits per heavy atom. The van der Waals surface area contributed by atoms with Crippen molar-refractivity contribution >= 4 is 19.6 Å². The summed E-state index contributed by atoms with van der Waals surface area (Å²) in [5.74, 6) is 0. The fourth-order valence-electron chi connectivity index (χ4n) is 0. The minimum absolute atomic E-state index is 0.120. The molecule has 0 saturated heterocycles. The Morgan fingerprint density at radius 3 is 2.20 bits per heavy atom. The summed E-state index contributed by atoms with van der Waals surface area (Å²) in [6.07, 6.45) is 0. The maximum absolute atomic E-state index is 9.42. The van der Waals surface area contributed by atoms with Crippen LogP contribution in [-0.4, -0.2) is 10.5 Å². The SMILES string of the molecule is O=[PH](O)CCl. The summed E-state index contributed by atoms with van der Waals surface area (Å²) in [5.41, 5.74) is -0.120. The lowest BCUT2D eigenvalue weighted by atomic mass is 11.9. The molecule has 0 fully saturated rings. The fourth-order valence-corrected chi connectivity index (χ4v) is 0. The summed E-state index contributed by atoms with van der Waals surface area (Å²) >= 11 is 4.82. The van der Waals surface area contributed by atoms with E-state index < -0.39 is 8.03 Å². The van der Waals surface area contributed by atoms with Crippen LogP contribution in [0.1, 0.15) is 0 Å². The summed E-state index contributed by atoms with van der Waals surface area (Å²) in [7, 11) is -2.36. The third-order valence-corrected chi connectivity index (χ3v) is 1.03. The van der Waals surface area contributed by atoms with Gasteiger partial charge in [-0.25, -0.2) is 0 Å². The standard InChI is InChI=1S/CH4ClO2P/c2-1-5(3)4/h5H,1H2,(H,3,4). The van der Waals surface area contributed by atoms with Crippen LogP contribution in [0.2, 0.25) is 0 Å². The Labute approximate surface area is 35.6 Å². The zero-order valence-corrected chi connectivity index (χ0v) is 4.20. The van der Waals surface area contributed by atoms with Crippen molar-refractivity contribution < 1.29 is 9.46 Å². The lowest BCUT2D eigenvalue weighted by Gasteiger charge is -1.72. The number of halogens is 1. The average molecular weight is 114 g/mol. The van der Waals surface area contributed by atoms with Gasteiger partial charge < -0.3 is 4.89 Å². The summed E-state index contributed by atoms with van der Waals surface area (Å²) in [6, 6.07) is 0. The summed E-state index contributed by atoms with van der Waals surface area (Å²) < 4.78 is 9.42. The molecule has 0 aromatic heterocycles. The van der Waals surface area contributed by atoms with Gasteiger partial charge in [-0.2, -0.15) is 0 Å². The smallest absolute Gasteiger partial charge is 0.203 e. The first kappa shape index (κ1) is 5.48. The van der Waals surface area contributed by atoms with Crippen LogP contribution in [0.25, 0.3) is 0 Å². The average Bonchev–Trinajstić information content (AvgIpc) is 1.38. The Bertz CT molecular complexity index is 44.9. The summed E-state index contributed by atoms with van der Waals surface area (Å²) in [5, 5.41) is 0. The lowest BCUT2D eigenvalue weighted by Crippen LogP contribution is -1.50. The number of alkyl halides is 1. The molecule has 0 bridgehead atoms. The van der Waals surface area contributed by atoms with E-state index in [4.69, 9.17) is 16.5 Å². The highest BCUT2D eigenvalue weighted by molar-refractivity contribution is 7.40. The Kier molecular flexibility index (Phi) is 2.96. The van der Waals surface area contributed by atoms with Crippen molar-refractivity contribution in [2.24, 2.45) is 0 Å². The number of hydrogen-bond acceptors (Lipinski definition) is 1. The first-order valence-corrected chi connectivity index (χ1v) is 3.15. The van der Waals surface area contributed by atoms with Crippen molar-refractivity contribution in [3.8, 4) is 0 Å². The second kappa shape index (κ2) is 2.70. The molecule has 5 heavy (non-hydrogen) atoms. The molecule has 0 aromatic carbocycles. The first-order valence-electron chi connectivity index (χ1n) is 1.05. The highest BCUT2D eigenvalue weighted by atomic mass is 35.5. The Hall–Kier alpha value is 0.480. The molecule has 0 saturated carbocycles. The Balaban J connectivity index is 2.85. The van der Waals surface area contributed by atoms with Crippen molar-refractivity contribution in [2.75, 3.05) is 5.62 Å². The molecule has 0 rings (SSSR count). The van der Waals surface area contributed by atoms with Crippen LogP contribution in [0.15, 0.2) is 0 Å². The van der Waals surface area contributed by atoms with Crippen LogP contribution in [0.4, 0.5) is 0 Å².